The number of dihydropyridines is 1. The second-order valence-electron chi connectivity index (χ2n) is 4.71. The number of alkyl halides is 3. The minimum atomic E-state index is -4.80. The molecule has 0 aromatic heterocycles. The predicted molar refractivity (Wildman–Crippen MR) is 84.6 cm³/mol. The molecule has 1 N–H and O–H groups in total. The molecule has 10 heteroatoms. The van der Waals surface area contributed by atoms with Gasteiger partial charge in [0, 0.05) is 12.1 Å². The number of hydrogen-bond donors (Lipinski definition) is 1. The van der Waals surface area contributed by atoms with Crippen molar-refractivity contribution in [1.82, 2.24) is 0 Å². The molecule has 0 spiro atoms. The molecule has 0 atom stereocenters. The largest absolute Gasteiger partial charge is 0.417 e. The van der Waals surface area contributed by atoms with Gasteiger partial charge in [0.05, 0.1) is 15.5 Å². The van der Waals surface area contributed by atoms with E-state index in [0.29, 0.717) is 11.6 Å². The van der Waals surface area contributed by atoms with Crippen molar-refractivity contribution in [3.63, 3.8) is 0 Å². The first-order valence-electron chi connectivity index (χ1n) is 6.29. The van der Waals surface area contributed by atoms with Gasteiger partial charge in [-0.2, -0.15) is 26.0 Å². The normalized spacial score (nSPS) is 17.0. The minimum absolute atomic E-state index is 0.144. The highest BCUT2D eigenvalue weighted by Gasteiger charge is 2.34. The molecule has 126 valence electrons. The molecule has 0 amide bonds. The van der Waals surface area contributed by atoms with Crippen LogP contribution in [0.2, 0.25) is 5.02 Å². The fourth-order valence-corrected chi connectivity index (χ4v) is 3.02. The maximum atomic E-state index is 12.9. The number of nitrogens with one attached hydrogen (secondary N) is 1. The second-order valence-corrected chi connectivity index (χ2v) is 6.72. The summed E-state index contributed by atoms with van der Waals surface area (Å²) in [6.07, 6.45) is -2.09. The number of nitrogens with zero attached hydrogens (tertiary/aromatic N) is 2. The number of benzene rings is 1. The smallest absolute Gasteiger partial charge is 0.257 e. The van der Waals surface area contributed by atoms with Crippen LogP contribution in [-0.2, 0) is 16.2 Å². The Labute approximate surface area is 140 Å². The molecule has 0 fully saturated rings. The molecule has 1 aliphatic rings. The van der Waals surface area contributed by atoms with Crippen molar-refractivity contribution in [2.24, 2.45) is 9.39 Å². The number of halogens is 4. The maximum Gasteiger partial charge on any atom is 0.417 e. The summed E-state index contributed by atoms with van der Waals surface area (Å²) in [4.78, 5) is 3.12. The lowest BCUT2D eigenvalue weighted by Gasteiger charge is -2.11. The van der Waals surface area contributed by atoms with Crippen LogP contribution in [0.4, 0.5) is 13.2 Å². The fraction of sp³-hybridized carbons (Fsp3) is 0.143. The van der Waals surface area contributed by atoms with Crippen LogP contribution in [0.5, 0.6) is 0 Å². The van der Waals surface area contributed by atoms with Gasteiger partial charge in [-0.1, -0.05) is 11.6 Å². The first-order chi connectivity index (χ1) is 11.0. The van der Waals surface area contributed by atoms with Gasteiger partial charge < -0.3 is 0 Å². The topological polar surface area (TPSA) is 82.7 Å². The molecule has 0 aliphatic carbocycles. The Kier molecular flexibility index (Phi) is 4.80. The molecule has 1 aromatic rings. The first kappa shape index (κ1) is 18.1. The summed E-state index contributed by atoms with van der Waals surface area (Å²) in [5.74, 6) is 1.92. The Bertz CT molecular complexity index is 941. The van der Waals surface area contributed by atoms with E-state index in [-0.39, 0.29) is 11.4 Å². The van der Waals surface area contributed by atoms with Crippen LogP contribution >= 0.6 is 11.6 Å². The number of aliphatic imine (C=N–C) groups is 1. The third-order valence-corrected chi connectivity index (χ3v) is 4.50. The number of sulfonamides is 1. The van der Waals surface area contributed by atoms with Crippen molar-refractivity contribution >= 4 is 39.4 Å². The fourth-order valence-electron chi connectivity index (χ4n) is 1.78. The molecule has 1 aromatic carbocycles. The zero-order valence-corrected chi connectivity index (χ0v) is 13.6. The van der Waals surface area contributed by atoms with Gasteiger partial charge in [-0.15, -0.1) is 0 Å². The van der Waals surface area contributed by atoms with E-state index in [9.17, 15) is 21.6 Å². The van der Waals surface area contributed by atoms with Crippen LogP contribution in [0.3, 0.4) is 0 Å². The average molecular weight is 376 g/mol. The Hall–Kier alpha value is -2.22. The van der Waals surface area contributed by atoms with Gasteiger partial charge in [0.25, 0.3) is 10.0 Å². The van der Waals surface area contributed by atoms with E-state index in [0.717, 1.165) is 12.1 Å². The van der Waals surface area contributed by atoms with E-state index in [1.165, 1.54) is 12.3 Å². The molecule has 2 rings (SSSR count). The van der Waals surface area contributed by atoms with Crippen LogP contribution in [0.1, 0.15) is 12.5 Å². The van der Waals surface area contributed by atoms with E-state index in [1.54, 1.807) is 6.92 Å². The predicted octanol–water partition coefficient (Wildman–Crippen LogP) is 3.65. The van der Waals surface area contributed by atoms with Crippen molar-refractivity contribution in [1.29, 1.82) is 5.41 Å². The van der Waals surface area contributed by atoms with Gasteiger partial charge in [0.1, 0.15) is 11.4 Å². The monoisotopic (exact) mass is 375 g/mol. The van der Waals surface area contributed by atoms with Crippen LogP contribution in [-0.4, -0.2) is 26.2 Å². The summed E-state index contributed by atoms with van der Waals surface area (Å²) in [5, 5.41) is 6.46. The van der Waals surface area contributed by atoms with Gasteiger partial charge in [0.15, 0.2) is 0 Å². The minimum Gasteiger partial charge on any atom is -0.257 e. The van der Waals surface area contributed by atoms with Crippen LogP contribution in [0.15, 0.2) is 49.8 Å². The number of hydrogen-bond acceptors (Lipinski definition) is 4. The van der Waals surface area contributed by atoms with Gasteiger partial charge in [-0.25, -0.2) is 4.99 Å². The summed E-state index contributed by atoms with van der Waals surface area (Å²) >= 11 is 5.47. The highest BCUT2D eigenvalue weighted by atomic mass is 35.5. The highest BCUT2D eigenvalue weighted by molar-refractivity contribution is 7.90. The van der Waals surface area contributed by atoms with E-state index in [2.05, 4.69) is 9.39 Å². The Morgan fingerprint density at radius 1 is 1.33 bits per heavy atom. The number of allylic oxidation sites excluding steroid dienone is 2. The molecule has 1 heterocycles. The van der Waals surface area contributed by atoms with Gasteiger partial charge in [-0.3, -0.25) is 5.41 Å². The quantitative estimate of drug-likeness (QED) is 0.800. The SMILES string of the molecule is CC1=C/C(=N\S(=O)(=O)c2ccc(Cl)c(C(F)(F)F)c2)C(=C=N)N=C1. The van der Waals surface area contributed by atoms with Gasteiger partial charge >= 0.3 is 6.18 Å². The van der Waals surface area contributed by atoms with Crippen LogP contribution in [0.25, 0.3) is 0 Å². The average Bonchev–Trinajstić information content (AvgIpc) is 2.46. The molecule has 1 aliphatic heterocycles. The molecule has 0 radical (unpaired) electrons. The Balaban J connectivity index is 2.58. The Morgan fingerprint density at radius 2 is 2.00 bits per heavy atom. The zero-order valence-electron chi connectivity index (χ0n) is 12.0. The molecular weight excluding hydrogens is 367 g/mol. The first-order valence-corrected chi connectivity index (χ1v) is 8.10. The summed E-state index contributed by atoms with van der Waals surface area (Å²) < 4.78 is 66.6. The van der Waals surface area contributed by atoms with Gasteiger partial charge in [-0.05, 0) is 36.8 Å². The lowest BCUT2D eigenvalue weighted by atomic mass is 10.1. The molecule has 0 saturated carbocycles. The molecule has 0 bridgehead atoms. The Morgan fingerprint density at radius 3 is 2.58 bits per heavy atom. The summed E-state index contributed by atoms with van der Waals surface area (Å²) in [6, 6.07) is 2.18. The second kappa shape index (κ2) is 6.35. The van der Waals surface area contributed by atoms with Gasteiger partial charge in [0.2, 0.25) is 0 Å². The third kappa shape index (κ3) is 3.81. The lowest BCUT2D eigenvalue weighted by molar-refractivity contribution is -0.137. The third-order valence-electron chi connectivity index (χ3n) is 2.88. The van der Waals surface area contributed by atoms with E-state index in [1.807, 2.05) is 5.87 Å². The van der Waals surface area contributed by atoms with Crippen molar-refractivity contribution in [2.45, 2.75) is 18.0 Å². The summed E-state index contributed by atoms with van der Waals surface area (Å²) in [6.45, 7) is 1.62. The molecule has 0 unspecified atom stereocenters. The standard InChI is InChI=1S/C14H9ClF3N3O2S/c1-8-4-12(13(6-19)20-7-8)21-24(22,23)9-2-3-11(15)10(5-9)14(16,17)18/h2-5,7,19H,1H3/b21-12+. The molecule has 5 nitrogen and oxygen atoms in total. The molecular formula is C14H9ClF3N3O2S. The van der Waals surface area contributed by atoms with E-state index < -0.39 is 31.7 Å². The van der Waals surface area contributed by atoms with Crippen molar-refractivity contribution < 1.29 is 21.6 Å². The summed E-state index contributed by atoms with van der Waals surface area (Å²) in [5.41, 5.74) is -1.04. The lowest BCUT2D eigenvalue weighted by Crippen LogP contribution is -2.11. The van der Waals surface area contributed by atoms with Crippen molar-refractivity contribution in [2.75, 3.05) is 0 Å². The maximum absolute atomic E-state index is 12.9. The van der Waals surface area contributed by atoms with Crippen LogP contribution in [0, 0.1) is 5.41 Å². The van der Waals surface area contributed by atoms with Crippen molar-refractivity contribution in [3.8, 4) is 0 Å². The van der Waals surface area contributed by atoms with E-state index in [4.69, 9.17) is 17.0 Å². The highest BCUT2D eigenvalue weighted by Crippen LogP contribution is 2.36. The summed E-state index contributed by atoms with van der Waals surface area (Å²) in [7, 11) is -4.46. The number of rotatable bonds is 2. The molecule has 24 heavy (non-hydrogen) atoms. The zero-order chi connectivity index (χ0) is 18.1. The van der Waals surface area contributed by atoms with E-state index >= 15 is 0 Å². The van der Waals surface area contributed by atoms with Crippen molar-refractivity contribution in [3.05, 3.63) is 46.1 Å². The molecule has 0 saturated heterocycles. The van der Waals surface area contributed by atoms with Crippen LogP contribution < -0.4 is 0 Å².